The molecule has 1 amide bonds. The van der Waals surface area contributed by atoms with Gasteiger partial charge in [0.2, 0.25) is 5.91 Å². The second-order valence-electron chi connectivity index (χ2n) is 7.77. The summed E-state index contributed by atoms with van der Waals surface area (Å²) in [6.45, 7) is 8.90. The number of rotatable bonds is 4. The van der Waals surface area contributed by atoms with Gasteiger partial charge in [0.1, 0.15) is 0 Å². The van der Waals surface area contributed by atoms with Gasteiger partial charge in [-0.1, -0.05) is 18.2 Å². The van der Waals surface area contributed by atoms with Crippen molar-refractivity contribution in [1.82, 2.24) is 9.80 Å². The highest BCUT2D eigenvalue weighted by Crippen LogP contribution is 2.39. The van der Waals surface area contributed by atoms with E-state index in [0.717, 1.165) is 32.6 Å². The fraction of sp³-hybridized carbons (Fsp3) is 0.650. The fourth-order valence-corrected chi connectivity index (χ4v) is 4.37. The molecule has 2 aliphatic rings. The summed E-state index contributed by atoms with van der Waals surface area (Å²) in [7, 11) is 0. The summed E-state index contributed by atoms with van der Waals surface area (Å²) >= 11 is 0. The average molecular weight is 330 g/mol. The minimum atomic E-state index is 0.0637. The van der Waals surface area contributed by atoms with Crippen LogP contribution < -0.4 is 0 Å². The number of hydrogen-bond donors (Lipinski definition) is 1. The van der Waals surface area contributed by atoms with E-state index in [2.05, 4.69) is 36.9 Å². The third-order valence-corrected chi connectivity index (χ3v) is 5.84. The van der Waals surface area contributed by atoms with Crippen LogP contribution in [0.5, 0.6) is 0 Å². The molecule has 3 rings (SSSR count). The van der Waals surface area contributed by atoms with E-state index in [1.807, 2.05) is 4.90 Å². The summed E-state index contributed by atoms with van der Waals surface area (Å²) in [5.41, 5.74) is 4.31. The number of aliphatic hydroxyl groups is 1. The molecule has 1 atom stereocenters. The molecule has 0 saturated carbocycles. The number of amides is 1. The predicted octanol–water partition coefficient (Wildman–Crippen LogP) is 2.50. The van der Waals surface area contributed by atoms with E-state index in [4.69, 9.17) is 0 Å². The van der Waals surface area contributed by atoms with Crippen molar-refractivity contribution in [2.45, 2.75) is 46.1 Å². The summed E-state index contributed by atoms with van der Waals surface area (Å²) in [6.07, 6.45) is 4.03. The van der Waals surface area contributed by atoms with Gasteiger partial charge in [-0.3, -0.25) is 9.69 Å². The standard InChI is InChI=1S/C20H30N2O2/c1-16-4-5-18(12-17(16)2)13-21-9-3-7-20(14-21)8-6-19(24)22(15-20)10-11-23/h4-5,12,23H,3,6-11,13-15H2,1-2H3/t20-/m0/s1. The van der Waals surface area contributed by atoms with Crippen molar-refractivity contribution in [1.29, 1.82) is 0 Å². The minimum Gasteiger partial charge on any atom is -0.395 e. The monoisotopic (exact) mass is 330 g/mol. The Hall–Kier alpha value is -1.39. The second-order valence-corrected chi connectivity index (χ2v) is 7.77. The highest BCUT2D eigenvalue weighted by atomic mass is 16.3. The summed E-state index contributed by atoms with van der Waals surface area (Å²) in [4.78, 5) is 16.5. The Kier molecular flexibility index (Phi) is 5.26. The maximum atomic E-state index is 12.1. The van der Waals surface area contributed by atoms with Crippen molar-refractivity contribution >= 4 is 5.91 Å². The van der Waals surface area contributed by atoms with Gasteiger partial charge in [-0.2, -0.15) is 0 Å². The minimum absolute atomic E-state index is 0.0637. The van der Waals surface area contributed by atoms with Crippen molar-refractivity contribution in [3.8, 4) is 0 Å². The summed E-state index contributed by atoms with van der Waals surface area (Å²) in [6, 6.07) is 6.76. The van der Waals surface area contributed by atoms with E-state index < -0.39 is 0 Å². The van der Waals surface area contributed by atoms with E-state index >= 15 is 0 Å². The molecule has 4 nitrogen and oxygen atoms in total. The van der Waals surface area contributed by atoms with Crippen molar-refractivity contribution in [3.05, 3.63) is 34.9 Å². The number of benzene rings is 1. The first-order valence-electron chi connectivity index (χ1n) is 9.18. The van der Waals surface area contributed by atoms with Crippen molar-refractivity contribution < 1.29 is 9.90 Å². The zero-order chi connectivity index (χ0) is 17.2. The van der Waals surface area contributed by atoms with Crippen LogP contribution in [0.3, 0.4) is 0 Å². The van der Waals surface area contributed by atoms with Crippen molar-refractivity contribution in [2.75, 3.05) is 32.8 Å². The molecule has 132 valence electrons. The van der Waals surface area contributed by atoms with Crippen LogP contribution in [0.15, 0.2) is 18.2 Å². The number of likely N-dealkylation sites (tertiary alicyclic amines) is 2. The quantitative estimate of drug-likeness (QED) is 0.922. The van der Waals surface area contributed by atoms with Crippen molar-refractivity contribution in [2.24, 2.45) is 5.41 Å². The lowest BCUT2D eigenvalue weighted by atomic mass is 9.73. The first-order chi connectivity index (χ1) is 11.5. The van der Waals surface area contributed by atoms with E-state index in [1.54, 1.807) is 0 Å². The molecular formula is C20H30N2O2. The molecule has 1 N–H and O–H groups in total. The van der Waals surface area contributed by atoms with Crippen LogP contribution >= 0.6 is 0 Å². The molecule has 2 aliphatic heterocycles. The number of hydrogen-bond acceptors (Lipinski definition) is 3. The Morgan fingerprint density at radius 1 is 1.17 bits per heavy atom. The Morgan fingerprint density at radius 3 is 2.75 bits per heavy atom. The van der Waals surface area contributed by atoms with Gasteiger partial charge in [-0.05, 0) is 56.3 Å². The molecule has 0 aromatic heterocycles. The topological polar surface area (TPSA) is 43.8 Å². The molecule has 0 aliphatic carbocycles. The summed E-state index contributed by atoms with van der Waals surface area (Å²) < 4.78 is 0. The van der Waals surface area contributed by atoms with Gasteiger partial charge in [0.05, 0.1) is 6.61 Å². The van der Waals surface area contributed by atoms with Gasteiger partial charge in [-0.25, -0.2) is 0 Å². The molecule has 0 bridgehead atoms. The maximum Gasteiger partial charge on any atom is 0.222 e. The summed E-state index contributed by atoms with van der Waals surface area (Å²) in [5.74, 6) is 0.209. The molecule has 24 heavy (non-hydrogen) atoms. The summed E-state index contributed by atoms with van der Waals surface area (Å²) in [5, 5.41) is 9.21. The Balaban J connectivity index is 1.67. The van der Waals surface area contributed by atoms with Gasteiger partial charge >= 0.3 is 0 Å². The molecule has 1 spiro atoms. The maximum absolute atomic E-state index is 12.1. The van der Waals surface area contributed by atoms with Crippen LogP contribution in [-0.4, -0.2) is 53.6 Å². The SMILES string of the molecule is Cc1ccc(CN2CCC[C@]3(CCC(=O)N(CCO)C3)C2)cc1C. The van der Waals surface area contributed by atoms with E-state index in [9.17, 15) is 9.90 Å². The highest BCUT2D eigenvalue weighted by Gasteiger charge is 2.41. The van der Waals surface area contributed by atoms with Crippen LogP contribution in [0.2, 0.25) is 0 Å². The number of nitrogens with zero attached hydrogens (tertiary/aromatic N) is 2. The van der Waals surface area contributed by atoms with Crippen molar-refractivity contribution in [3.63, 3.8) is 0 Å². The molecule has 2 fully saturated rings. The molecule has 0 radical (unpaired) electrons. The molecule has 2 saturated heterocycles. The third kappa shape index (κ3) is 3.81. The lowest BCUT2D eigenvalue weighted by Crippen LogP contribution is -2.54. The van der Waals surface area contributed by atoms with Crippen LogP contribution in [0.1, 0.15) is 42.4 Å². The number of carbonyl (C=O) groups excluding carboxylic acids is 1. The zero-order valence-electron chi connectivity index (χ0n) is 15.1. The largest absolute Gasteiger partial charge is 0.395 e. The second kappa shape index (κ2) is 7.24. The Morgan fingerprint density at radius 2 is 2.00 bits per heavy atom. The van der Waals surface area contributed by atoms with Gasteiger partial charge in [0, 0.05) is 38.0 Å². The van der Waals surface area contributed by atoms with Crippen LogP contribution in [0.4, 0.5) is 0 Å². The lowest BCUT2D eigenvalue weighted by Gasteiger charge is -2.48. The molecular weight excluding hydrogens is 300 g/mol. The van der Waals surface area contributed by atoms with Gasteiger partial charge in [0.25, 0.3) is 0 Å². The number of carbonyl (C=O) groups is 1. The number of aliphatic hydroxyl groups excluding tert-OH is 1. The number of piperidine rings is 2. The zero-order valence-corrected chi connectivity index (χ0v) is 15.1. The number of aryl methyl sites for hydroxylation is 2. The predicted molar refractivity (Wildman–Crippen MR) is 95.8 cm³/mol. The molecule has 2 heterocycles. The fourth-order valence-electron chi connectivity index (χ4n) is 4.37. The lowest BCUT2D eigenvalue weighted by molar-refractivity contribution is -0.140. The number of β-amino-alcohol motifs (C(OH)–C–C–N with tert-alkyl or cyclic N) is 1. The molecule has 0 unspecified atom stereocenters. The van der Waals surface area contributed by atoms with E-state index in [0.29, 0.717) is 13.0 Å². The van der Waals surface area contributed by atoms with Gasteiger partial charge in [-0.15, -0.1) is 0 Å². The van der Waals surface area contributed by atoms with Gasteiger partial charge in [0.15, 0.2) is 0 Å². The smallest absolute Gasteiger partial charge is 0.222 e. The molecule has 1 aromatic carbocycles. The van der Waals surface area contributed by atoms with Gasteiger partial charge < -0.3 is 10.0 Å². The Labute approximate surface area is 145 Å². The highest BCUT2D eigenvalue weighted by molar-refractivity contribution is 5.77. The average Bonchev–Trinajstić information content (AvgIpc) is 2.55. The normalized spacial score (nSPS) is 25.5. The van der Waals surface area contributed by atoms with Crippen LogP contribution in [-0.2, 0) is 11.3 Å². The molecule has 4 heteroatoms. The third-order valence-electron chi connectivity index (χ3n) is 5.84. The van der Waals surface area contributed by atoms with Crippen LogP contribution in [0, 0.1) is 19.3 Å². The van der Waals surface area contributed by atoms with E-state index in [-0.39, 0.29) is 17.9 Å². The van der Waals surface area contributed by atoms with Crippen LogP contribution in [0.25, 0.3) is 0 Å². The molecule has 1 aromatic rings. The first-order valence-corrected chi connectivity index (χ1v) is 9.18. The Bertz CT molecular complexity index is 601. The van der Waals surface area contributed by atoms with E-state index in [1.165, 1.54) is 29.5 Å². The first kappa shape index (κ1) is 17.4.